The summed E-state index contributed by atoms with van der Waals surface area (Å²) in [5.41, 5.74) is 14.7. The Morgan fingerprint density at radius 3 is 2.88 bits per heavy atom. The van der Waals surface area contributed by atoms with Crippen molar-refractivity contribution in [3.8, 4) is 11.3 Å². The quantitative estimate of drug-likeness (QED) is 0.480. The van der Waals surface area contributed by atoms with Crippen molar-refractivity contribution in [1.29, 1.82) is 0 Å². The summed E-state index contributed by atoms with van der Waals surface area (Å²) in [4.78, 5) is 27.0. The first-order valence-corrected chi connectivity index (χ1v) is 10.8. The molecule has 4 aromatic rings. The maximum absolute atomic E-state index is 12.4. The van der Waals surface area contributed by atoms with Crippen molar-refractivity contribution < 1.29 is 13.9 Å². The van der Waals surface area contributed by atoms with Crippen LogP contribution in [0.25, 0.3) is 33.4 Å². The molecule has 1 unspecified atom stereocenters. The van der Waals surface area contributed by atoms with Crippen molar-refractivity contribution in [2.24, 2.45) is 5.92 Å². The van der Waals surface area contributed by atoms with Gasteiger partial charge in [-0.2, -0.15) is 10.1 Å². The third-order valence-corrected chi connectivity index (χ3v) is 5.60. The number of hydrogen-bond donors (Lipinski definition) is 2. The lowest BCUT2D eigenvalue weighted by Gasteiger charge is -2.24. The number of ether oxygens (including phenoxy) is 1. The first kappa shape index (κ1) is 21.0. The van der Waals surface area contributed by atoms with Gasteiger partial charge in [-0.3, -0.25) is 0 Å². The van der Waals surface area contributed by atoms with Gasteiger partial charge in [-0.1, -0.05) is 0 Å². The van der Waals surface area contributed by atoms with Crippen LogP contribution in [0, 0.1) is 5.92 Å². The van der Waals surface area contributed by atoms with E-state index < -0.39 is 5.60 Å². The molecule has 0 radical (unpaired) electrons. The Hall–Kier alpha value is -3.89. The van der Waals surface area contributed by atoms with E-state index in [1.165, 1.54) is 6.33 Å². The van der Waals surface area contributed by atoms with Crippen LogP contribution >= 0.6 is 0 Å². The normalized spacial score (nSPS) is 16.7. The number of likely N-dealkylation sites (tertiary alicyclic amines) is 1. The molecule has 1 aliphatic heterocycles. The molecule has 1 atom stereocenters. The highest BCUT2D eigenvalue weighted by molar-refractivity contribution is 5.99. The fraction of sp³-hybridized carbons (Fsp3) is 0.409. The minimum Gasteiger partial charge on any atom is -0.444 e. The zero-order valence-electron chi connectivity index (χ0n) is 18.8. The lowest BCUT2D eigenvalue weighted by atomic mass is 10.1. The maximum Gasteiger partial charge on any atom is 0.410 e. The number of hydrogen-bond acceptors (Lipinski definition) is 9. The molecular weight excluding hydrogens is 424 g/mol. The molecular formula is C22H26N8O3. The largest absolute Gasteiger partial charge is 0.444 e. The molecule has 172 valence electrons. The predicted molar refractivity (Wildman–Crippen MR) is 123 cm³/mol. The van der Waals surface area contributed by atoms with E-state index in [0.29, 0.717) is 53.3 Å². The number of benzene rings is 1. The van der Waals surface area contributed by atoms with Gasteiger partial charge in [-0.05, 0) is 51.3 Å². The van der Waals surface area contributed by atoms with Gasteiger partial charge in [0.15, 0.2) is 11.2 Å². The molecule has 4 heterocycles. The van der Waals surface area contributed by atoms with E-state index in [-0.39, 0.29) is 18.0 Å². The number of rotatable bonds is 3. The van der Waals surface area contributed by atoms with E-state index in [2.05, 4.69) is 15.0 Å². The minimum absolute atomic E-state index is 0.108. The topological polar surface area (TPSA) is 151 Å². The zero-order valence-corrected chi connectivity index (χ0v) is 18.8. The van der Waals surface area contributed by atoms with Crippen LogP contribution in [0.1, 0.15) is 27.2 Å². The van der Waals surface area contributed by atoms with E-state index in [1.54, 1.807) is 11.0 Å². The third kappa shape index (κ3) is 4.01. The molecule has 11 nitrogen and oxygen atoms in total. The highest BCUT2D eigenvalue weighted by Crippen LogP contribution is 2.33. The second-order valence-corrected chi connectivity index (χ2v) is 9.30. The monoisotopic (exact) mass is 450 g/mol. The molecule has 0 aliphatic carbocycles. The van der Waals surface area contributed by atoms with E-state index in [4.69, 9.17) is 25.7 Å². The van der Waals surface area contributed by atoms with Crippen molar-refractivity contribution >= 4 is 40.1 Å². The first-order chi connectivity index (χ1) is 15.7. The number of oxazole rings is 1. The summed E-state index contributed by atoms with van der Waals surface area (Å²) < 4.78 is 12.7. The van der Waals surface area contributed by atoms with E-state index >= 15 is 0 Å². The van der Waals surface area contributed by atoms with Gasteiger partial charge in [0.1, 0.15) is 29.0 Å². The number of aromatic nitrogens is 5. The highest BCUT2D eigenvalue weighted by atomic mass is 16.6. The number of fused-ring (bicyclic) bond motifs is 2. The molecule has 1 aromatic carbocycles. The molecule has 0 saturated carbocycles. The highest BCUT2D eigenvalue weighted by Gasteiger charge is 2.31. The van der Waals surface area contributed by atoms with E-state index in [0.717, 1.165) is 12.0 Å². The number of amides is 1. The zero-order chi connectivity index (χ0) is 23.3. The number of carbonyl (C=O) groups is 1. The molecule has 1 saturated heterocycles. The summed E-state index contributed by atoms with van der Waals surface area (Å²) >= 11 is 0. The Labute approximate surface area is 189 Å². The van der Waals surface area contributed by atoms with E-state index in [1.807, 2.05) is 37.6 Å². The van der Waals surface area contributed by atoms with Crippen LogP contribution in [0.2, 0.25) is 0 Å². The summed E-state index contributed by atoms with van der Waals surface area (Å²) in [6, 6.07) is 5.64. The minimum atomic E-state index is -0.522. The molecule has 5 rings (SSSR count). The first-order valence-electron chi connectivity index (χ1n) is 10.8. The number of nitrogen functional groups attached to an aromatic ring is 2. The smallest absolute Gasteiger partial charge is 0.410 e. The van der Waals surface area contributed by atoms with Crippen LogP contribution in [0.15, 0.2) is 28.9 Å². The van der Waals surface area contributed by atoms with E-state index in [9.17, 15) is 4.79 Å². The Balaban J connectivity index is 1.45. The number of anilines is 2. The second-order valence-electron chi connectivity index (χ2n) is 9.30. The molecule has 1 aliphatic rings. The fourth-order valence-electron chi connectivity index (χ4n) is 4.17. The van der Waals surface area contributed by atoms with Gasteiger partial charge in [0.2, 0.25) is 0 Å². The third-order valence-electron chi connectivity index (χ3n) is 5.60. The van der Waals surface area contributed by atoms with Gasteiger partial charge < -0.3 is 25.5 Å². The molecule has 3 aromatic heterocycles. The summed E-state index contributed by atoms with van der Waals surface area (Å²) in [7, 11) is 0. The molecule has 1 fully saturated rings. The molecule has 33 heavy (non-hydrogen) atoms. The lowest BCUT2D eigenvalue weighted by molar-refractivity contribution is 0.0287. The summed E-state index contributed by atoms with van der Waals surface area (Å²) in [6.07, 6.45) is 1.99. The maximum atomic E-state index is 12.4. The molecule has 0 bridgehead atoms. The predicted octanol–water partition coefficient (Wildman–Crippen LogP) is 3.06. The van der Waals surface area contributed by atoms with Gasteiger partial charge in [0.25, 0.3) is 6.01 Å². The Kier molecular flexibility index (Phi) is 4.84. The SMILES string of the molecule is CC(C)(C)OC(=O)N1CCC(Cn2nc(-c3ccc4oc(N)nc4c3)c3c(N)ncnc32)C1. The Morgan fingerprint density at radius 2 is 2.09 bits per heavy atom. The molecule has 0 spiro atoms. The number of carbonyl (C=O) groups excluding carboxylic acids is 1. The Bertz CT molecular complexity index is 1350. The van der Waals surface area contributed by atoms with Crippen molar-refractivity contribution in [1.82, 2.24) is 29.6 Å². The average molecular weight is 451 g/mol. The standard InChI is InChI=1S/C22H26N8O3/c1-22(2,3)33-21(31)29-7-6-12(9-29)10-30-19-16(18(23)25-11-26-19)17(28-30)13-4-5-15-14(8-13)27-20(24)32-15/h4-5,8,11-12H,6-7,9-10H2,1-3H3,(H2,24,27)(H2,23,25,26). The Morgan fingerprint density at radius 1 is 1.27 bits per heavy atom. The van der Waals surface area contributed by atoms with Gasteiger partial charge in [0.05, 0.1) is 5.39 Å². The average Bonchev–Trinajstić information content (AvgIpc) is 3.43. The molecule has 11 heteroatoms. The van der Waals surface area contributed by atoms with Crippen molar-refractivity contribution in [2.75, 3.05) is 24.6 Å². The number of nitrogens with two attached hydrogens (primary N) is 2. The van der Waals surface area contributed by atoms with Crippen LogP contribution in [-0.4, -0.2) is 54.4 Å². The van der Waals surface area contributed by atoms with Gasteiger partial charge in [0, 0.05) is 25.2 Å². The van der Waals surface area contributed by atoms with Crippen molar-refractivity contribution in [2.45, 2.75) is 39.3 Å². The van der Waals surface area contributed by atoms with Crippen LogP contribution in [0.3, 0.4) is 0 Å². The molecule has 4 N–H and O–H groups in total. The number of nitrogens with zero attached hydrogens (tertiary/aromatic N) is 6. The van der Waals surface area contributed by atoms with Crippen molar-refractivity contribution in [3.63, 3.8) is 0 Å². The fourth-order valence-corrected chi connectivity index (χ4v) is 4.17. The lowest BCUT2D eigenvalue weighted by Crippen LogP contribution is -2.35. The summed E-state index contributed by atoms with van der Waals surface area (Å²) in [5.74, 6) is 0.560. The van der Waals surface area contributed by atoms with Crippen LogP contribution < -0.4 is 11.5 Å². The summed E-state index contributed by atoms with van der Waals surface area (Å²) in [5, 5.41) is 5.51. The van der Waals surface area contributed by atoms with Gasteiger partial charge in [-0.15, -0.1) is 0 Å². The van der Waals surface area contributed by atoms with Crippen LogP contribution in [0.4, 0.5) is 16.6 Å². The molecule has 1 amide bonds. The summed E-state index contributed by atoms with van der Waals surface area (Å²) in [6.45, 7) is 7.43. The van der Waals surface area contributed by atoms with Crippen LogP contribution in [-0.2, 0) is 11.3 Å². The van der Waals surface area contributed by atoms with Crippen molar-refractivity contribution in [3.05, 3.63) is 24.5 Å². The second kappa shape index (κ2) is 7.61. The van der Waals surface area contributed by atoms with Gasteiger partial charge >= 0.3 is 6.09 Å². The van der Waals surface area contributed by atoms with Crippen LogP contribution in [0.5, 0.6) is 0 Å². The van der Waals surface area contributed by atoms with Gasteiger partial charge in [-0.25, -0.2) is 19.4 Å².